The Morgan fingerprint density at radius 2 is 1.18 bits per heavy atom. The second-order valence-corrected chi connectivity index (χ2v) is 22.9. The Labute approximate surface area is 271 Å². The summed E-state index contributed by atoms with van der Waals surface area (Å²) in [6.45, 7) is 28.8. The van der Waals surface area contributed by atoms with Crippen molar-refractivity contribution in [3.63, 3.8) is 0 Å². The number of methoxy groups -OCH3 is 2. The molecule has 0 aromatic heterocycles. The highest BCUT2D eigenvalue weighted by molar-refractivity contribution is 7.73. The number of rotatable bonds is 7. The van der Waals surface area contributed by atoms with Gasteiger partial charge in [0.15, 0.2) is 0 Å². The predicted molar refractivity (Wildman–Crippen MR) is 194 cm³/mol. The number of benzene rings is 2. The van der Waals surface area contributed by atoms with Crippen LogP contribution in [-0.4, -0.2) is 35.5 Å². The number of nitrogens with zero attached hydrogens (tertiary/aromatic N) is 1. The van der Waals surface area contributed by atoms with E-state index in [4.69, 9.17) is 14.3 Å². The van der Waals surface area contributed by atoms with E-state index < -0.39 is 15.8 Å². The van der Waals surface area contributed by atoms with Crippen LogP contribution in [0.25, 0.3) is 4.85 Å². The highest BCUT2D eigenvalue weighted by Gasteiger charge is 2.75. The summed E-state index contributed by atoms with van der Waals surface area (Å²) in [6.07, 6.45) is 4.01. The SMILES string of the molecule is COc1c(C)cc(P(c2cc(C)c(OC)c(C)c2)C2CC3CC(C)C(C4(P(C(C)(C)C)C(C)(C)C)C#[N+]4)C(C)C2C3)cc1C. The first kappa shape index (κ1) is 33.7. The lowest BCUT2D eigenvalue weighted by Gasteiger charge is -2.45. The third kappa shape index (κ3) is 5.86. The fourth-order valence-corrected chi connectivity index (χ4v) is 19.0. The van der Waals surface area contributed by atoms with Gasteiger partial charge >= 0.3 is 11.3 Å². The van der Waals surface area contributed by atoms with Crippen LogP contribution in [0.15, 0.2) is 24.3 Å². The van der Waals surface area contributed by atoms with E-state index in [-0.39, 0.29) is 15.6 Å². The van der Waals surface area contributed by atoms with Crippen LogP contribution in [0.2, 0.25) is 0 Å². The molecule has 7 unspecified atom stereocenters. The molecule has 0 radical (unpaired) electrons. The molecule has 2 fully saturated rings. The normalized spacial score (nSPS) is 29.8. The molecular weight excluding hydrogens is 576 g/mol. The van der Waals surface area contributed by atoms with Gasteiger partial charge in [-0.2, -0.15) is 0 Å². The Morgan fingerprint density at radius 1 is 0.750 bits per heavy atom. The van der Waals surface area contributed by atoms with Crippen molar-refractivity contribution in [3.8, 4) is 17.6 Å². The van der Waals surface area contributed by atoms with E-state index in [1.807, 2.05) is 0 Å². The lowest BCUT2D eigenvalue weighted by molar-refractivity contribution is 0.185. The van der Waals surface area contributed by atoms with Crippen LogP contribution >= 0.6 is 15.8 Å². The lowest BCUT2D eigenvalue weighted by Crippen LogP contribution is -2.45. The van der Waals surface area contributed by atoms with Gasteiger partial charge in [0.25, 0.3) is 0 Å². The summed E-state index contributed by atoms with van der Waals surface area (Å²) < 4.78 is 11.7. The molecule has 3 nitrogen and oxygen atoms in total. The topological polar surface area (TPSA) is 22.8 Å². The molecule has 3 aliphatic rings. The minimum atomic E-state index is -0.588. The molecule has 0 spiro atoms. The third-order valence-electron chi connectivity index (χ3n) is 10.9. The molecule has 240 valence electrons. The van der Waals surface area contributed by atoms with Crippen molar-refractivity contribution in [2.75, 3.05) is 14.2 Å². The van der Waals surface area contributed by atoms with Crippen LogP contribution in [-0.2, 0) is 0 Å². The van der Waals surface area contributed by atoms with Crippen LogP contribution in [0, 0.1) is 63.4 Å². The summed E-state index contributed by atoms with van der Waals surface area (Å²) in [5, 5.41) is 3.36. The van der Waals surface area contributed by atoms with Gasteiger partial charge < -0.3 is 9.47 Å². The first-order valence-corrected chi connectivity index (χ1v) is 19.6. The van der Waals surface area contributed by atoms with Gasteiger partial charge in [-0.05, 0) is 156 Å². The molecule has 1 aliphatic heterocycles. The average Bonchev–Trinajstić information content (AvgIpc) is 3.54. The summed E-state index contributed by atoms with van der Waals surface area (Å²) in [7, 11) is 2.60. The molecule has 1 heterocycles. The van der Waals surface area contributed by atoms with Gasteiger partial charge in [0.2, 0.25) is 0 Å². The number of fused-ring (bicyclic) bond motifs is 2. The van der Waals surface area contributed by atoms with Crippen molar-refractivity contribution >= 4 is 26.5 Å². The maximum atomic E-state index is 5.84. The monoisotopic (exact) mass is 634 g/mol. The Hall–Kier alpha value is -1.61. The molecule has 7 atom stereocenters. The summed E-state index contributed by atoms with van der Waals surface area (Å²) >= 11 is 0. The quantitative estimate of drug-likeness (QED) is 0.283. The van der Waals surface area contributed by atoms with Gasteiger partial charge in [-0.1, -0.05) is 55.4 Å². The molecule has 0 amide bonds. The van der Waals surface area contributed by atoms with E-state index >= 15 is 0 Å². The summed E-state index contributed by atoms with van der Waals surface area (Å²) in [4.78, 5) is 5.24. The summed E-state index contributed by atoms with van der Waals surface area (Å²) in [6, 6.07) is 13.6. The first-order chi connectivity index (χ1) is 20.4. The van der Waals surface area contributed by atoms with Crippen LogP contribution in [0.3, 0.4) is 0 Å². The van der Waals surface area contributed by atoms with E-state index in [9.17, 15) is 0 Å². The molecular formula is C39H58NO2P2+. The minimum Gasteiger partial charge on any atom is -0.496 e. The largest absolute Gasteiger partial charge is 0.496 e. The Morgan fingerprint density at radius 3 is 1.55 bits per heavy atom. The minimum absolute atomic E-state index is 0.0803. The highest BCUT2D eigenvalue weighted by atomic mass is 31.1. The lowest BCUT2D eigenvalue weighted by atomic mass is 9.73. The van der Waals surface area contributed by atoms with Crippen molar-refractivity contribution < 1.29 is 9.47 Å². The fourth-order valence-electron chi connectivity index (χ4n) is 10.2. The highest BCUT2D eigenvalue weighted by Crippen LogP contribution is 2.76. The second-order valence-electron chi connectivity index (χ2n) is 16.4. The summed E-state index contributed by atoms with van der Waals surface area (Å²) in [5.74, 6) is 5.33. The zero-order valence-corrected chi connectivity index (χ0v) is 31.8. The Balaban J connectivity index is 1.63. The molecule has 5 heteroatoms. The zero-order chi connectivity index (χ0) is 32.5. The van der Waals surface area contributed by atoms with Crippen LogP contribution in [0.4, 0.5) is 0 Å². The molecule has 2 aromatic rings. The standard InChI is InChI=1S/C39H58NO2P2/c1-23-15-29-20-32(28(6)34(23)39(22-40-39)44(37(7,8)9)38(10,11)12)33(21-29)43(30-16-24(2)35(41-13)25(3)17-30)31-18-26(4)36(42-14)27(5)19-31/h16-19,23,28-29,32-34H,15,20-21H2,1-14H3/q+1. The van der Waals surface area contributed by atoms with Gasteiger partial charge in [0, 0.05) is 7.92 Å². The number of ether oxygens (including phenoxy) is 2. The molecule has 5 rings (SSSR count). The number of hydrogen-bond acceptors (Lipinski definition) is 2. The molecule has 0 saturated heterocycles. The fraction of sp³-hybridized carbons (Fsp3) is 0.667. The van der Waals surface area contributed by atoms with E-state index in [0.717, 1.165) is 17.4 Å². The number of aryl methyl sites for hydroxylation is 4. The van der Waals surface area contributed by atoms with Crippen LogP contribution < -0.4 is 20.1 Å². The van der Waals surface area contributed by atoms with E-state index in [2.05, 4.69) is 113 Å². The maximum absolute atomic E-state index is 5.84. The van der Waals surface area contributed by atoms with E-state index in [0.29, 0.717) is 29.3 Å². The molecule has 44 heavy (non-hydrogen) atoms. The van der Waals surface area contributed by atoms with Crippen LogP contribution in [0.5, 0.6) is 11.5 Å². The predicted octanol–water partition coefficient (Wildman–Crippen LogP) is 10.2. The third-order valence-corrected chi connectivity index (χ3v) is 17.7. The molecule has 2 aromatic carbocycles. The van der Waals surface area contributed by atoms with Gasteiger partial charge in [0.05, 0.1) is 20.1 Å². The first-order valence-electron chi connectivity index (χ1n) is 16.8. The van der Waals surface area contributed by atoms with Crippen molar-refractivity contribution in [3.05, 3.63) is 51.4 Å². The van der Waals surface area contributed by atoms with Crippen molar-refractivity contribution in [1.29, 1.82) is 0 Å². The Bertz CT molecular complexity index is 1340. The Kier molecular flexibility index (Phi) is 9.11. The van der Waals surface area contributed by atoms with E-state index in [1.54, 1.807) is 14.2 Å². The van der Waals surface area contributed by atoms with Crippen molar-refractivity contribution in [2.24, 2.45) is 29.6 Å². The van der Waals surface area contributed by atoms with Gasteiger partial charge in [-0.25, -0.2) is 0 Å². The van der Waals surface area contributed by atoms with Crippen LogP contribution in [0.1, 0.15) is 96.9 Å². The molecule has 0 N–H and O–H groups in total. The second kappa shape index (κ2) is 11.9. The molecule has 2 bridgehead atoms. The van der Waals surface area contributed by atoms with Gasteiger partial charge in [-0.15, -0.1) is 0 Å². The molecule has 2 saturated carbocycles. The summed E-state index contributed by atoms with van der Waals surface area (Å²) in [5.41, 5.74) is 5.63. The van der Waals surface area contributed by atoms with E-state index in [1.165, 1.54) is 52.1 Å². The van der Waals surface area contributed by atoms with Gasteiger partial charge in [0.1, 0.15) is 11.5 Å². The van der Waals surface area contributed by atoms with Crippen molar-refractivity contribution in [1.82, 2.24) is 0 Å². The molecule has 2 aliphatic carbocycles. The average molecular weight is 635 g/mol. The smallest absolute Gasteiger partial charge is 0.424 e. The number of hydrogen-bond donors (Lipinski definition) is 0. The maximum Gasteiger partial charge on any atom is 0.424 e. The van der Waals surface area contributed by atoms with Gasteiger partial charge in [-0.3, -0.25) is 0 Å². The zero-order valence-electron chi connectivity index (χ0n) is 30.1. The van der Waals surface area contributed by atoms with Crippen molar-refractivity contribution in [2.45, 2.75) is 124 Å².